The fourth-order valence-electron chi connectivity index (χ4n) is 3.70. The number of H-pyrrole nitrogens is 1. The van der Waals surface area contributed by atoms with Gasteiger partial charge in [0.05, 0.1) is 39.9 Å². The van der Waals surface area contributed by atoms with Gasteiger partial charge in [-0.2, -0.15) is 13.2 Å². The normalized spacial score (nSPS) is 11.6. The van der Waals surface area contributed by atoms with Gasteiger partial charge in [-0.05, 0) is 30.7 Å². The van der Waals surface area contributed by atoms with E-state index in [4.69, 9.17) is 10.5 Å². The summed E-state index contributed by atoms with van der Waals surface area (Å²) in [5, 5.41) is 9.29. The van der Waals surface area contributed by atoms with Crippen molar-refractivity contribution in [3.63, 3.8) is 0 Å². The largest absolute Gasteiger partial charge is 0.438 e. The molecular formula is C23H15F5N4O4. The fourth-order valence-corrected chi connectivity index (χ4v) is 3.70. The Bertz CT molecular complexity index is 1580. The van der Waals surface area contributed by atoms with Gasteiger partial charge in [-0.25, -0.2) is 13.8 Å². The van der Waals surface area contributed by atoms with Crippen molar-refractivity contribution in [2.24, 2.45) is 5.73 Å². The van der Waals surface area contributed by atoms with Crippen molar-refractivity contribution in [1.82, 2.24) is 15.0 Å². The molecule has 0 saturated heterocycles. The molecule has 186 valence electrons. The molecule has 4 N–H and O–H groups in total. The number of rotatable bonds is 5. The van der Waals surface area contributed by atoms with Crippen LogP contribution in [0.25, 0.3) is 22.2 Å². The molecule has 0 aliphatic heterocycles. The number of halogens is 5. The van der Waals surface area contributed by atoms with Crippen LogP contribution in [0.1, 0.15) is 27.2 Å². The molecule has 4 rings (SSSR count). The van der Waals surface area contributed by atoms with E-state index < -0.39 is 64.1 Å². The van der Waals surface area contributed by atoms with Gasteiger partial charge in [-0.3, -0.25) is 14.6 Å². The van der Waals surface area contributed by atoms with E-state index in [0.29, 0.717) is 12.3 Å². The SMILES string of the molecule is Cc1c(C(F)(F)F)cnc(Oc2ccc(F)c(F)c2CO)c1-c1cc(=O)c2c(C(N)=O)nccc2[nH]1. The molecule has 0 unspecified atom stereocenters. The van der Waals surface area contributed by atoms with Crippen LogP contribution in [0.2, 0.25) is 0 Å². The van der Waals surface area contributed by atoms with Crippen LogP contribution in [0, 0.1) is 18.6 Å². The van der Waals surface area contributed by atoms with E-state index >= 15 is 0 Å². The Morgan fingerprint density at radius 1 is 1.19 bits per heavy atom. The molecule has 1 amide bonds. The summed E-state index contributed by atoms with van der Waals surface area (Å²) in [7, 11) is 0. The first-order valence-electron chi connectivity index (χ1n) is 10.1. The molecule has 3 aromatic heterocycles. The van der Waals surface area contributed by atoms with Gasteiger partial charge in [0, 0.05) is 18.5 Å². The number of amides is 1. The van der Waals surface area contributed by atoms with Gasteiger partial charge in [0.2, 0.25) is 5.88 Å². The number of benzene rings is 1. The van der Waals surface area contributed by atoms with Crippen molar-refractivity contribution in [3.8, 4) is 22.9 Å². The quantitative estimate of drug-likeness (QED) is 0.351. The Labute approximate surface area is 198 Å². The molecule has 0 bridgehead atoms. The van der Waals surface area contributed by atoms with E-state index in [1.54, 1.807) is 0 Å². The van der Waals surface area contributed by atoms with Crippen molar-refractivity contribution >= 4 is 16.8 Å². The Hall–Kier alpha value is -4.39. The molecule has 0 spiro atoms. The zero-order valence-corrected chi connectivity index (χ0v) is 18.2. The third-order valence-electron chi connectivity index (χ3n) is 5.37. The number of alkyl halides is 3. The number of aromatic amines is 1. The highest BCUT2D eigenvalue weighted by Crippen LogP contribution is 2.41. The monoisotopic (exact) mass is 506 g/mol. The molecule has 3 heterocycles. The summed E-state index contributed by atoms with van der Waals surface area (Å²) in [5.74, 6) is -4.59. The Morgan fingerprint density at radius 2 is 1.92 bits per heavy atom. The predicted octanol–water partition coefficient (Wildman–Crippen LogP) is 3.97. The van der Waals surface area contributed by atoms with Crippen molar-refractivity contribution in [3.05, 3.63) is 80.9 Å². The summed E-state index contributed by atoms with van der Waals surface area (Å²) in [5.41, 5.74) is 1.52. The van der Waals surface area contributed by atoms with Gasteiger partial charge in [0.25, 0.3) is 5.91 Å². The number of primary amides is 1. The number of carbonyl (C=O) groups is 1. The van der Waals surface area contributed by atoms with Crippen LogP contribution >= 0.6 is 0 Å². The maximum absolute atomic E-state index is 14.1. The second-order valence-corrected chi connectivity index (χ2v) is 7.57. The molecule has 4 aromatic rings. The summed E-state index contributed by atoms with van der Waals surface area (Å²) in [4.78, 5) is 34.8. The number of hydrogen-bond donors (Lipinski definition) is 3. The Morgan fingerprint density at radius 3 is 2.56 bits per heavy atom. The third kappa shape index (κ3) is 4.24. The second-order valence-electron chi connectivity index (χ2n) is 7.57. The first-order chi connectivity index (χ1) is 16.9. The Balaban J connectivity index is 2.01. The average molecular weight is 506 g/mol. The average Bonchev–Trinajstić information content (AvgIpc) is 2.80. The molecule has 36 heavy (non-hydrogen) atoms. The number of hydrogen-bond acceptors (Lipinski definition) is 6. The summed E-state index contributed by atoms with van der Waals surface area (Å²) >= 11 is 0. The van der Waals surface area contributed by atoms with Crippen molar-refractivity contribution in [1.29, 1.82) is 0 Å². The van der Waals surface area contributed by atoms with E-state index in [-0.39, 0.29) is 27.9 Å². The zero-order chi connectivity index (χ0) is 26.4. The number of nitrogens with two attached hydrogens (primary N) is 1. The molecule has 0 radical (unpaired) electrons. The van der Waals surface area contributed by atoms with Gasteiger partial charge in [0.15, 0.2) is 17.1 Å². The number of nitrogens with zero attached hydrogens (tertiary/aromatic N) is 2. The van der Waals surface area contributed by atoms with Crippen LogP contribution in [-0.2, 0) is 12.8 Å². The van der Waals surface area contributed by atoms with E-state index in [0.717, 1.165) is 19.1 Å². The highest BCUT2D eigenvalue weighted by molar-refractivity contribution is 6.03. The minimum Gasteiger partial charge on any atom is -0.438 e. The van der Waals surface area contributed by atoms with E-state index in [9.17, 15) is 36.6 Å². The minimum absolute atomic E-state index is 0.0351. The van der Waals surface area contributed by atoms with E-state index in [1.165, 1.54) is 12.3 Å². The predicted molar refractivity (Wildman–Crippen MR) is 116 cm³/mol. The van der Waals surface area contributed by atoms with Gasteiger partial charge >= 0.3 is 6.18 Å². The van der Waals surface area contributed by atoms with Gasteiger partial charge in [0.1, 0.15) is 11.4 Å². The maximum atomic E-state index is 14.1. The molecule has 0 saturated carbocycles. The summed E-state index contributed by atoms with van der Waals surface area (Å²) < 4.78 is 74.2. The minimum atomic E-state index is -4.83. The molecule has 0 aliphatic rings. The molecule has 1 aromatic carbocycles. The van der Waals surface area contributed by atoms with Crippen LogP contribution in [-0.4, -0.2) is 26.0 Å². The number of pyridine rings is 3. The van der Waals surface area contributed by atoms with Crippen LogP contribution in [0.5, 0.6) is 11.6 Å². The molecule has 0 aliphatic carbocycles. The summed E-state index contributed by atoms with van der Waals surface area (Å²) in [6, 6.07) is 3.89. The number of carbonyl (C=O) groups excluding carboxylic acids is 1. The summed E-state index contributed by atoms with van der Waals surface area (Å²) in [6.07, 6.45) is -3.17. The number of aliphatic hydroxyl groups is 1. The lowest BCUT2D eigenvalue weighted by molar-refractivity contribution is -0.138. The van der Waals surface area contributed by atoms with Crippen LogP contribution < -0.4 is 15.9 Å². The van der Waals surface area contributed by atoms with Gasteiger partial charge in [-0.1, -0.05) is 0 Å². The molecule has 13 heteroatoms. The van der Waals surface area contributed by atoms with Gasteiger partial charge in [-0.15, -0.1) is 0 Å². The number of aromatic nitrogens is 3. The smallest absolute Gasteiger partial charge is 0.418 e. The number of ether oxygens (including phenoxy) is 1. The Kier molecular flexibility index (Phi) is 6.18. The summed E-state index contributed by atoms with van der Waals surface area (Å²) in [6.45, 7) is 0.123. The van der Waals surface area contributed by atoms with Crippen LogP contribution in [0.3, 0.4) is 0 Å². The molecular weight excluding hydrogens is 491 g/mol. The van der Waals surface area contributed by atoms with Crippen molar-refractivity contribution in [2.75, 3.05) is 0 Å². The second kappa shape index (κ2) is 9.00. The van der Waals surface area contributed by atoms with Crippen LogP contribution in [0.15, 0.2) is 41.5 Å². The van der Waals surface area contributed by atoms with Crippen LogP contribution in [0.4, 0.5) is 22.0 Å². The third-order valence-corrected chi connectivity index (χ3v) is 5.37. The molecule has 8 nitrogen and oxygen atoms in total. The molecule has 0 fully saturated rings. The number of aliphatic hydroxyl groups excluding tert-OH is 1. The highest BCUT2D eigenvalue weighted by Gasteiger charge is 2.35. The number of nitrogens with one attached hydrogen (secondary N) is 1. The standard InChI is InChI=1S/C23H15F5N4O4/c1-9-11(23(26,27)28)7-31-22(36-16-3-2-12(24)19(25)10(16)8-33)17(9)14-6-15(34)18-13(32-14)4-5-30-20(18)21(29)35/h2-7,33H,8H2,1H3,(H2,29,35)(H,32,34). The first kappa shape index (κ1) is 24.7. The molecule has 0 atom stereocenters. The van der Waals surface area contributed by atoms with Crippen molar-refractivity contribution < 1.29 is 36.6 Å². The zero-order valence-electron chi connectivity index (χ0n) is 18.2. The lowest BCUT2D eigenvalue weighted by Crippen LogP contribution is -2.18. The fraction of sp³-hybridized carbons (Fsp3) is 0.130. The van der Waals surface area contributed by atoms with Gasteiger partial charge < -0.3 is 20.6 Å². The number of fused-ring (bicyclic) bond motifs is 1. The van der Waals surface area contributed by atoms with E-state index in [1.807, 2.05) is 0 Å². The first-order valence-corrected chi connectivity index (χ1v) is 10.1. The maximum Gasteiger partial charge on any atom is 0.418 e. The lowest BCUT2D eigenvalue weighted by Gasteiger charge is -2.19. The van der Waals surface area contributed by atoms with Crippen molar-refractivity contribution in [2.45, 2.75) is 19.7 Å². The van der Waals surface area contributed by atoms with E-state index in [2.05, 4.69) is 15.0 Å². The lowest BCUT2D eigenvalue weighted by atomic mass is 10.0. The highest BCUT2D eigenvalue weighted by atomic mass is 19.4. The topological polar surface area (TPSA) is 131 Å².